The first kappa shape index (κ1) is 13.0. The molecule has 9 heteroatoms. The number of carboxylic acid groups (broad SMARTS) is 1. The summed E-state index contributed by atoms with van der Waals surface area (Å²) in [7, 11) is 0. The molecule has 2 aromatic rings. The average molecular weight is 285 g/mol. The summed E-state index contributed by atoms with van der Waals surface area (Å²) in [6, 6.07) is 1.09. The Morgan fingerprint density at radius 3 is 2.58 bits per heavy atom. The van der Waals surface area contributed by atoms with E-state index in [1.807, 2.05) is 0 Å². The first-order valence-electron chi connectivity index (χ1n) is 4.80. The smallest absolute Gasteiger partial charge is 0.338 e. The first-order chi connectivity index (χ1) is 8.99. The molecule has 0 unspecified atom stereocenters. The van der Waals surface area contributed by atoms with Crippen LogP contribution in [0, 0.1) is 11.6 Å². The molecule has 0 bridgehead atoms. The molecule has 98 valence electrons. The molecule has 0 saturated carbocycles. The zero-order chi connectivity index (χ0) is 14.0. The van der Waals surface area contributed by atoms with Gasteiger partial charge in [0, 0.05) is 11.4 Å². The van der Waals surface area contributed by atoms with Gasteiger partial charge in [-0.15, -0.1) is 5.10 Å². The van der Waals surface area contributed by atoms with Gasteiger partial charge < -0.3 is 10.4 Å². The van der Waals surface area contributed by atoms with Gasteiger partial charge >= 0.3 is 5.97 Å². The number of anilines is 1. The lowest BCUT2D eigenvalue weighted by Crippen LogP contribution is -2.15. The molecule has 0 aliphatic rings. The van der Waals surface area contributed by atoms with Gasteiger partial charge in [-0.05, 0) is 17.6 Å². The van der Waals surface area contributed by atoms with Crippen LogP contribution in [-0.2, 0) is 0 Å². The van der Waals surface area contributed by atoms with Crippen LogP contribution >= 0.6 is 11.5 Å². The molecule has 0 atom stereocenters. The molecule has 1 aromatic heterocycles. The van der Waals surface area contributed by atoms with Crippen LogP contribution in [0.5, 0.6) is 0 Å². The summed E-state index contributed by atoms with van der Waals surface area (Å²) < 4.78 is 30.0. The van der Waals surface area contributed by atoms with E-state index in [1.165, 1.54) is 5.38 Å². The second kappa shape index (κ2) is 5.06. The van der Waals surface area contributed by atoms with Crippen molar-refractivity contribution in [3.63, 3.8) is 0 Å². The summed E-state index contributed by atoms with van der Waals surface area (Å²) in [6.45, 7) is 0. The molecule has 0 aliphatic heterocycles. The number of amides is 1. The molecular weight excluding hydrogens is 280 g/mol. The molecule has 2 N–H and O–H groups in total. The molecule has 6 nitrogen and oxygen atoms in total. The highest BCUT2D eigenvalue weighted by Crippen LogP contribution is 2.20. The van der Waals surface area contributed by atoms with Crippen LogP contribution in [-0.4, -0.2) is 26.6 Å². The summed E-state index contributed by atoms with van der Waals surface area (Å²) in [4.78, 5) is 22.3. The summed E-state index contributed by atoms with van der Waals surface area (Å²) in [5, 5.41) is 15.6. The minimum absolute atomic E-state index is 0.0504. The quantitative estimate of drug-likeness (QED) is 0.896. The minimum atomic E-state index is -1.57. The van der Waals surface area contributed by atoms with Gasteiger partial charge in [-0.1, -0.05) is 4.49 Å². The van der Waals surface area contributed by atoms with Crippen molar-refractivity contribution in [3.8, 4) is 0 Å². The summed E-state index contributed by atoms with van der Waals surface area (Å²) in [6.07, 6.45) is 0. The highest BCUT2D eigenvalue weighted by molar-refractivity contribution is 7.03. The molecule has 0 fully saturated rings. The standard InChI is InChI=1S/C10H5F2N3O3S/c11-5-2-6(12)7(1-4(5)10(17)18)13-9(16)8-3-19-15-14-8/h1-3H,(H,13,16)(H,17,18). The van der Waals surface area contributed by atoms with E-state index in [-0.39, 0.29) is 5.69 Å². The number of carbonyl (C=O) groups excluding carboxylic acids is 1. The number of halogens is 2. The van der Waals surface area contributed by atoms with E-state index < -0.39 is 34.8 Å². The summed E-state index contributed by atoms with van der Waals surface area (Å²) in [5.41, 5.74) is -1.24. The van der Waals surface area contributed by atoms with Gasteiger partial charge in [0.1, 0.15) is 11.6 Å². The molecule has 2 rings (SSSR count). The Morgan fingerprint density at radius 1 is 1.26 bits per heavy atom. The SMILES string of the molecule is O=C(Nc1cc(C(=O)O)c(F)cc1F)c1csnn1. The Hall–Kier alpha value is -2.42. The zero-order valence-corrected chi connectivity index (χ0v) is 9.87. The lowest BCUT2D eigenvalue weighted by atomic mass is 10.1. The predicted octanol–water partition coefficient (Wildman–Crippen LogP) is 1.77. The van der Waals surface area contributed by atoms with Crippen molar-refractivity contribution >= 4 is 29.1 Å². The van der Waals surface area contributed by atoms with Crippen LogP contribution in [0.4, 0.5) is 14.5 Å². The monoisotopic (exact) mass is 285 g/mol. The molecule has 19 heavy (non-hydrogen) atoms. The zero-order valence-electron chi connectivity index (χ0n) is 9.05. The van der Waals surface area contributed by atoms with E-state index in [4.69, 9.17) is 5.11 Å². The molecule has 0 saturated heterocycles. The van der Waals surface area contributed by atoms with Crippen LogP contribution in [0.3, 0.4) is 0 Å². The van der Waals surface area contributed by atoms with Crippen LogP contribution in [0.1, 0.15) is 20.8 Å². The van der Waals surface area contributed by atoms with Crippen LogP contribution < -0.4 is 5.32 Å². The van der Waals surface area contributed by atoms with Crippen LogP contribution in [0.15, 0.2) is 17.5 Å². The van der Waals surface area contributed by atoms with Crippen molar-refractivity contribution in [2.45, 2.75) is 0 Å². The second-order valence-electron chi connectivity index (χ2n) is 3.36. The second-order valence-corrected chi connectivity index (χ2v) is 3.97. The number of benzene rings is 1. The summed E-state index contributed by atoms with van der Waals surface area (Å²) in [5.74, 6) is -4.64. The van der Waals surface area contributed by atoms with E-state index in [0.717, 1.165) is 11.5 Å². The highest BCUT2D eigenvalue weighted by atomic mass is 32.1. The Kier molecular flexibility index (Phi) is 3.47. The van der Waals surface area contributed by atoms with Crippen molar-refractivity contribution < 1.29 is 23.5 Å². The minimum Gasteiger partial charge on any atom is -0.478 e. The van der Waals surface area contributed by atoms with Gasteiger partial charge in [0.2, 0.25) is 0 Å². The van der Waals surface area contributed by atoms with Gasteiger partial charge in [0.15, 0.2) is 5.69 Å². The number of aromatic carboxylic acids is 1. The molecule has 1 aromatic carbocycles. The van der Waals surface area contributed by atoms with Crippen LogP contribution in [0.25, 0.3) is 0 Å². The Balaban J connectivity index is 2.32. The van der Waals surface area contributed by atoms with Gasteiger partial charge in [-0.3, -0.25) is 4.79 Å². The number of hydrogen-bond donors (Lipinski definition) is 2. The van der Waals surface area contributed by atoms with E-state index >= 15 is 0 Å². The van der Waals surface area contributed by atoms with Crippen molar-refractivity contribution in [1.82, 2.24) is 9.59 Å². The maximum Gasteiger partial charge on any atom is 0.338 e. The maximum atomic E-state index is 13.4. The third-order valence-electron chi connectivity index (χ3n) is 2.13. The van der Waals surface area contributed by atoms with Crippen molar-refractivity contribution in [3.05, 3.63) is 40.4 Å². The van der Waals surface area contributed by atoms with Gasteiger partial charge in [0.05, 0.1) is 11.3 Å². The highest BCUT2D eigenvalue weighted by Gasteiger charge is 2.18. The van der Waals surface area contributed by atoms with E-state index in [9.17, 15) is 18.4 Å². The van der Waals surface area contributed by atoms with Crippen molar-refractivity contribution in [2.75, 3.05) is 5.32 Å². The molecule has 1 amide bonds. The van der Waals surface area contributed by atoms with Crippen molar-refractivity contribution in [1.29, 1.82) is 0 Å². The Bertz CT molecular complexity index is 646. The molecule has 1 heterocycles. The summed E-state index contributed by atoms with van der Waals surface area (Å²) >= 11 is 0.923. The fraction of sp³-hybridized carbons (Fsp3) is 0. The number of nitrogens with zero attached hydrogens (tertiary/aromatic N) is 2. The van der Waals surface area contributed by atoms with Gasteiger partial charge in [0.25, 0.3) is 5.91 Å². The predicted molar refractivity (Wildman–Crippen MR) is 61.2 cm³/mol. The normalized spacial score (nSPS) is 10.2. The molecule has 0 aliphatic carbocycles. The lowest BCUT2D eigenvalue weighted by molar-refractivity contribution is 0.0691. The lowest BCUT2D eigenvalue weighted by Gasteiger charge is -2.06. The number of aromatic nitrogens is 2. The number of carboxylic acids is 1. The van der Waals surface area contributed by atoms with Gasteiger partial charge in [-0.2, -0.15) is 0 Å². The first-order valence-corrected chi connectivity index (χ1v) is 5.63. The average Bonchev–Trinajstić information content (AvgIpc) is 2.85. The number of rotatable bonds is 3. The van der Waals surface area contributed by atoms with Gasteiger partial charge in [-0.25, -0.2) is 13.6 Å². The maximum absolute atomic E-state index is 13.4. The molecule has 0 spiro atoms. The number of hydrogen-bond acceptors (Lipinski definition) is 5. The fourth-order valence-corrected chi connectivity index (χ4v) is 1.69. The number of nitrogens with one attached hydrogen (secondary N) is 1. The Morgan fingerprint density at radius 2 is 2.00 bits per heavy atom. The van der Waals surface area contributed by atoms with E-state index in [2.05, 4.69) is 14.9 Å². The third-order valence-corrected chi connectivity index (χ3v) is 2.63. The Labute approximate surface area is 108 Å². The molecular formula is C10H5F2N3O3S. The third kappa shape index (κ3) is 2.71. The van der Waals surface area contributed by atoms with Crippen LogP contribution in [0.2, 0.25) is 0 Å². The fourth-order valence-electron chi connectivity index (χ4n) is 1.26. The molecule has 0 radical (unpaired) electrons. The van der Waals surface area contributed by atoms with Crippen molar-refractivity contribution in [2.24, 2.45) is 0 Å². The number of carbonyl (C=O) groups is 2. The largest absolute Gasteiger partial charge is 0.478 e. The van der Waals surface area contributed by atoms with E-state index in [0.29, 0.717) is 12.1 Å². The topological polar surface area (TPSA) is 92.2 Å². The van der Waals surface area contributed by atoms with E-state index in [1.54, 1.807) is 0 Å².